The molecule has 3 nitrogen and oxygen atoms in total. The molecule has 0 fully saturated rings. The van der Waals surface area contributed by atoms with Gasteiger partial charge in [-0.05, 0) is 0 Å². The Kier molecular flexibility index (Phi) is 4.56. The molecule has 0 atom stereocenters. The van der Waals surface area contributed by atoms with Gasteiger partial charge in [-0.15, -0.1) is 6.42 Å². The van der Waals surface area contributed by atoms with Crippen molar-refractivity contribution in [2.75, 3.05) is 13.1 Å². The Hall–Kier alpha value is -1.01. The molecule has 0 saturated carbocycles. The lowest BCUT2D eigenvalue weighted by Crippen LogP contribution is -2.28. The highest BCUT2D eigenvalue weighted by Gasteiger charge is 1.93. The highest BCUT2D eigenvalue weighted by molar-refractivity contribution is 5.78. The lowest BCUT2D eigenvalue weighted by Gasteiger charge is -1.97. The summed E-state index contributed by atoms with van der Waals surface area (Å²) in [5, 5.41) is 2.53. The van der Waals surface area contributed by atoms with Gasteiger partial charge in [-0.1, -0.05) is 5.92 Å². The smallest absolute Gasteiger partial charge is 0.232 e. The van der Waals surface area contributed by atoms with Gasteiger partial charge in [0.2, 0.25) is 5.91 Å². The minimum absolute atomic E-state index is 0.136. The fourth-order valence-electron chi connectivity index (χ4n) is 0.367. The lowest BCUT2D eigenvalue weighted by molar-refractivity contribution is -0.120. The largest absolute Gasteiger partial charge is 0.354 e. The average Bonchev–Trinajstić information content (AvgIpc) is 1.85. The fourth-order valence-corrected chi connectivity index (χ4v) is 0.367. The summed E-state index contributed by atoms with van der Waals surface area (Å²) in [6.07, 6.45) is 5.00. The monoisotopic (exact) mass is 126 g/mol. The highest BCUT2D eigenvalue weighted by atomic mass is 16.1. The zero-order valence-electron chi connectivity index (χ0n) is 5.18. The Morgan fingerprint density at radius 1 is 1.78 bits per heavy atom. The second-order valence-electron chi connectivity index (χ2n) is 1.52. The average molecular weight is 126 g/mol. The molecule has 0 aromatic rings. The second-order valence-corrected chi connectivity index (χ2v) is 1.52. The zero-order valence-corrected chi connectivity index (χ0v) is 5.18. The summed E-state index contributed by atoms with van der Waals surface area (Å²) >= 11 is 0. The van der Waals surface area contributed by atoms with Crippen LogP contribution < -0.4 is 11.1 Å². The third-order valence-corrected chi connectivity index (χ3v) is 0.729. The molecule has 0 spiro atoms. The Bertz CT molecular complexity index is 126. The molecule has 0 bridgehead atoms. The Morgan fingerprint density at radius 2 is 2.44 bits per heavy atom. The molecular weight excluding hydrogens is 116 g/mol. The van der Waals surface area contributed by atoms with E-state index in [1.54, 1.807) is 0 Å². The number of carbonyl (C=O) groups is 1. The van der Waals surface area contributed by atoms with E-state index in [1.807, 2.05) is 0 Å². The van der Waals surface area contributed by atoms with Gasteiger partial charge in [0.25, 0.3) is 0 Å². The first-order chi connectivity index (χ1) is 4.31. The van der Waals surface area contributed by atoms with E-state index < -0.39 is 0 Å². The van der Waals surface area contributed by atoms with Gasteiger partial charge in [-0.2, -0.15) is 0 Å². The molecule has 0 aliphatic heterocycles. The number of terminal acetylenes is 1. The van der Waals surface area contributed by atoms with Gasteiger partial charge in [-0.3, -0.25) is 4.79 Å². The van der Waals surface area contributed by atoms with Crippen molar-refractivity contribution < 1.29 is 4.79 Å². The van der Waals surface area contributed by atoms with Crippen LogP contribution in [0, 0.1) is 12.3 Å². The summed E-state index contributed by atoms with van der Waals surface area (Å²) in [4.78, 5) is 10.5. The predicted molar refractivity (Wildman–Crippen MR) is 35.5 cm³/mol. The molecular formula is C6H10N2O. The van der Waals surface area contributed by atoms with Gasteiger partial charge in [0.05, 0.1) is 6.42 Å². The third-order valence-electron chi connectivity index (χ3n) is 0.729. The maximum atomic E-state index is 10.5. The summed E-state index contributed by atoms with van der Waals surface area (Å²) < 4.78 is 0. The number of carbonyl (C=O) groups excluding carboxylic acids is 1. The Labute approximate surface area is 54.6 Å². The molecule has 0 radical (unpaired) electrons. The highest BCUT2D eigenvalue weighted by Crippen LogP contribution is 1.71. The number of nitrogens with two attached hydrogens (primary N) is 1. The quantitative estimate of drug-likeness (QED) is 0.481. The Balaban J connectivity index is 3.19. The van der Waals surface area contributed by atoms with Gasteiger partial charge in [0.15, 0.2) is 0 Å². The fraction of sp³-hybridized carbons (Fsp3) is 0.500. The van der Waals surface area contributed by atoms with Crippen molar-refractivity contribution >= 4 is 5.91 Å². The van der Waals surface area contributed by atoms with Crippen LogP contribution in [0.15, 0.2) is 0 Å². The molecule has 0 aromatic carbocycles. The molecule has 9 heavy (non-hydrogen) atoms. The van der Waals surface area contributed by atoms with Crippen LogP contribution in [0.5, 0.6) is 0 Å². The van der Waals surface area contributed by atoms with Gasteiger partial charge in [0, 0.05) is 13.1 Å². The normalized spacial score (nSPS) is 8.00. The van der Waals surface area contributed by atoms with Gasteiger partial charge in [0.1, 0.15) is 0 Å². The minimum atomic E-state index is -0.136. The molecule has 0 aliphatic rings. The minimum Gasteiger partial charge on any atom is -0.354 e. The number of amides is 1. The summed E-state index contributed by atoms with van der Waals surface area (Å²) in [7, 11) is 0. The third kappa shape index (κ3) is 4.85. The number of nitrogens with one attached hydrogen (secondary N) is 1. The van der Waals surface area contributed by atoms with Crippen LogP contribution in [-0.4, -0.2) is 19.0 Å². The van der Waals surface area contributed by atoms with E-state index in [-0.39, 0.29) is 12.3 Å². The van der Waals surface area contributed by atoms with Gasteiger partial charge < -0.3 is 11.1 Å². The van der Waals surface area contributed by atoms with E-state index >= 15 is 0 Å². The lowest BCUT2D eigenvalue weighted by atomic mass is 10.4. The molecule has 1 amide bonds. The summed E-state index contributed by atoms with van der Waals surface area (Å²) in [6.45, 7) is 0.955. The van der Waals surface area contributed by atoms with E-state index in [2.05, 4.69) is 11.2 Å². The van der Waals surface area contributed by atoms with Crippen molar-refractivity contribution in [3.05, 3.63) is 0 Å². The molecule has 50 valence electrons. The molecule has 0 aliphatic carbocycles. The zero-order chi connectivity index (χ0) is 7.11. The molecule has 3 heteroatoms. The van der Waals surface area contributed by atoms with Gasteiger partial charge >= 0.3 is 0 Å². The van der Waals surface area contributed by atoms with E-state index in [0.717, 1.165) is 0 Å². The van der Waals surface area contributed by atoms with Crippen molar-refractivity contribution in [1.29, 1.82) is 0 Å². The summed E-state index contributed by atoms with van der Waals surface area (Å²) in [5.74, 6) is 2.09. The number of hydrogen-bond acceptors (Lipinski definition) is 2. The molecule has 0 unspecified atom stereocenters. The van der Waals surface area contributed by atoms with Crippen LogP contribution in [0.2, 0.25) is 0 Å². The molecule has 3 N–H and O–H groups in total. The second kappa shape index (κ2) is 5.13. The maximum absolute atomic E-state index is 10.5. The van der Waals surface area contributed by atoms with E-state index in [1.165, 1.54) is 0 Å². The first kappa shape index (κ1) is 7.99. The number of hydrogen-bond donors (Lipinski definition) is 2. The summed E-state index contributed by atoms with van der Waals surface area (Å²) in [6, 6.07) is 0. The van der Waals surface area contributed by atoms with Crippen molar-refractivity contribution in [2.24, 2.45) is 5.73 Å². The topological polar surface area (TPSA) is 55.1 Å². The van der Waals surface area contributed by atoms with Crippen molar-refractivity contribution in [1.82, 2.24) is 5.32 Å². The number of rotatable bonds is 3. The predicted octanol–water partition coefficient (Wildman–Crippen LogP) is -0.915. The molecule has 0 rings (SSSR count). The van der Waals surface area contributed by atoms with E-state index in [9.17, 15) is 4.79 Å². The van der Waals surface area contributed by atoms with Crippen LogP contribution >= 0.6 is 0 Å². The van der Waals surface area contributed by atoms with Crippen LogP contribution in [0.3, 0.4) is 0 Å². The first-order valence-electron chi connectivity index (χ1n) is 2.71. The standard InChI is InChI=1S/C6H10N2O/c1-2-3-6(9)8-5-4-7/h1H,3-5,7H2,(H,8,9). The van der Waals surface area contributed by atoms with Crippen molar-refractivity contribution in [2.45, 2.75) is 6.42 Å². The van der Waals surface area contributed by atoms with E-state index in [4.69, 9.17) is 12.2 Å². The van der Waals surface area contributed by atoms with Crippen LogP contribution in [0.25, 0.3) is 0 Å². The molecule has 0 heterocycles. The van der Waals surface area contributed by atoms with Crippen molar-refractivity contribution in [3.8, 4) is 12.3 Å². The van der Waals surface area contributed by atoms with Gasteiger partial charge in [-0.25, -0.2) is 0 Å². The van der Waals surface area contributed by atoms with Crippen LogP contribution in [0.1, 0.15) is 6.42 Å². The SMILES string of the molecule is C#CCC(=O)NCCN. The van der Waals surface area contributed by atoms with Crippen LogP contribution in [0.4, 0.5) is 0 Å². The van der Waals surface area contributed by atoms with E-state index in [0.29, 0.717) is 13.1 Å². The molecule has 0 saturated heterocycles. The van der Waals surface area contributed by atoms with Crippen LogP contribution in [-0.2, 0) is 4.79 Å². The molecule has 0 aromatic heterocycles. The Morgan fingerprint density at radius 3 is 2.89 bits per heavy atom. The first-order valence-corrected chi connectivity index (χ1v) is 2.71. The summed E-state index contributed by atoms with van der Waals surface area (Å²) in [5.41, 5.74) is 5.11. The van der Waals surface area contributed by atoms with Crippen molar-refractivity contribution in [3.63, 3.8) is 0 Å². The maximum Gasteiger partial charge on any atom is 0.232 e.